The van der Waals surface area contributed by atoms with Crippen LogP contribution in [0.15, 0.2) is 35.4 Å². The second kappa shape index (κ2) is 6.40. The van der Waals surface area contributed by atoms with Crippen LogP contribution in [-0.4, -0.2) is 43.3 Å². The van der Waals surface area contributed by atoms with Crippen molar-refractivity contribution in [2.24, 2.45) is 0 Å². The smallest absolute Gasteiger partial charge is 0.293 e. The predicted octanol–water partition coefficient (Wildman–Crippen LogP) is 1.80. The van der Waals surface area contributed by atoms with Crippen LogP contribution in [0.1, 0.15) is 24.0 Å². The van der Waals surface area contributed by atoms with E-state index in [2.05, 4.69) is 23.2 Å². The van der Waals surface area contributed by atoms with Gasteiger partial charge in [0, 0.05) is 18.7 Å². The van der Waals surface area contributed by atoms with Crippen molar-refractivity contribution in [2.75, 3.05) is 13.1 Å². The van der Waals surface area contributed by atoms with Gasteiger partial charge in [-0.3, -0.25) is 9.59 Å². The summed E-state index contributed by atoms with van der Waals surface area (Å²) in [4.78, 5) is 26.8. The van der Waals surface area contributed by atoms with E-state index in [9.17, 15) is 9.59 Å². The number of carbonyl (C=O) groups is 1. The molecule has 1 aliphatic rings. The summed E-state index contributed by atoms with van der Waals surface area (Å²) in [7, 11) is 0. The van der Waals surface area contributed by atoms with E-state index in [1.165, 1.54) is 26.7 Å². The lowest BCUT2D eigenvalue weighted by atomic mass is 10.0. The van der Waals surface area contributed by atoms with Crippen LogP contribution in [-0.2, 0) is 11.3 Å². The summed E-state index contributed by atoms with van der Waals surface area (Å²) in [5.41, 5.74) is 4.17. The summed E-state index contributed by atoms with van der Waals surface area (Å²) in [6, 6.07) is 7.85. The molecule has 0 unspecified atom stereocenters. The molecule has 1 saturated heterocycles. The van der Waals surface area contributed by atoms with Crippen LogP contribution in [0.3, 0.4) is 0 Å². The highest BCUT2D eigenvalue weighted by atomic mass is 16.2. The summed E-state index contributed by atoms with van der Waals surface area (Å²) in [6.45, 7) is 5.61. The third-order valence-corrected chi connectivity index (χ3v) is 5.04. The first-order valence-corrected chi connectivity index (χ1v) is 8.84. The first-order chi connectivity index (χ1) is 12.5. The molecule has 3 aromatic rings. The zero-order valence-corrected chi connectivity index (χ0v) is 15.0. The molecule has 1 fully saturated rings. The van der Waals surface area contributed by atoms with E-state index in [0.717, 1.165) is 37.2 Å². The number of likely N-dealkylation sites (tertiary alicyclic amines) is 1. The Bertz CT molecular complexity index is 1040. The Kier molecular flexibility index (Phi) is 4.06. The number of aryl methyl sites for hydroxylation is 2. The minimum absolute atomic E-state index is 0.0283. The second-order valence-corrected chi connectivity index (χ2v) is 6.84. The highest BCUT2D eigenvalue weighted by molar-refractivity contribution is 5.76. The fraction of sp³-hybridized carbons (Fsp3) is 0.368. The zero-order valence-electron chi connectivity index (χ0n) is 15.0. The van der Waals surface area contributed by atoms with Crippen molar-refractivity contribution in [1.29, 1.82) is 0 Å². The fourth-order valence-corrected chi connectivity index (χ4v) is 3.29. The van der Waals surface area contributed by atoms with E-state index in [-0.39, 0.29) is 18.0 Å². The minimum atomic E-state index is -0.303. The lowest BCUT2D eigenvalue weighted by molar-refractivity contribution is -0.131. The van der Waals surface area contributed by atoms with Crippen LogP contribution in [0.2, 0.25) is 0 Å². The molecule has 0 saturated carbocycles. The topological polar surface area (TPSA) is 72.5 Å². The van der Waals surface area contributed by atoms with Crippen LogP contribution in [0.4, 0.5) is 0 Å². The maximum absolute atomic E-state index is 12.7. The van der Waals surface area contributed by atoms with Gasteiger partial charge in [0.05, 0.1) is 5.69 Å². The van der Waals surface area contributed by atoms with Gasteiger partial charge in [0.15, 0.2) is 0 Å². The molecule has 1 aromatic carbocycles. The minimum Gasteiger partial charge on any atom is -0.341 e. The number of amides is 1. The van der Waals surface area contributed by atoms with Crippen molar-refractivity contribution in [1.82, 2.24) is 24.3 Å². The standard InChI is InChI=1S/C19H21N5O2/c1-13-5-6-15(9-14(13)2)16-10-17-19(26)23(20-12-24(17)21-16)11-18(25)22-7-3-4-8-22/h5-6,9-10,12H,3-4,7-8,11H2,1-2H3. The van der Waals surface area contributed by atoms with E-state index in [4.69, 9.17) is 0 Å². The molecule has 0 radical (unpaired) electrons. The van der Waals surface area contributed by atoms with Gasteiger partial charge in [0.2, 0.25) is 5.91 Å². The molecule has 1 aliphatic heterocycles. The van der Waals surface area contributed by atoms with Gasteiger partial charge in [-0.15, -0.1) is 0 Å². The average Bonchev–Trinajstić information content (AvgIpc) is 3.29. The Morgan fingerprint density at radius 2 is 1.88 bits per heavy atom. The molecule has 0 atom stereocenters. The van der Waals surface area contributed by atoms with Crippen LogP contribution < -0.4 is 5.56 Å². The maximum atomic E-state index is 12.7. The van der Waals surface area contributed by atoms with Gasteiger partial charge in [0.25, 0.3) is 5.56 Å². The number of nitrogens with zero attached hydrogens (tertiary/aromatic N) is 5. The number of aromatic nitrogens is 4. The van der Waals surface area contributed by atoms with Crippen LogP contribution in [0.5, 0.6) is 0 Å². The molecule has 0 N–H and O–H groups in total. The number of hydrogen-bond donors (Lipinski definition) is 0. The molecule has 0 aliphatic carbocycles. The van der Waals surface area contributed by atoms with Gasteiger partial charge in [-0.05, 0) is 49.9 Å². The van der Waals surface area contributed by atoms with Gasteiger partial charge >= 0.3 is 0 Å². The third-order valence-electron chi connectivity index (χ3n) is 5.04. The van der Waals surface area contributed by atoms with Gasteiger partial charge < -0.3 is 4.90 Å². The Morgan fingerprint density at radius 1 is 1.12 bits per heavy atom. The Morgan fingerprint density at radius 3 is 2.62 bits per heavy atom. The van der Waals surface area contributed by atoms with Crippen molar-refractivity contribution in [3.05, 3.63) is 52.1 Å². The molecule has 7 nitrogen and oxygen atoms in total. The summed E-state index contributed by atoms with van der Waals surface area (Å²) >= 11 is 0. The highest BCUT2D eigenvalue weighted by Crippen LogP contribution is 2.21. The van der Waals surface area contributed by atoms with Crippen molar-refractivity contribution < 1.29 is 4.79 Å². The Hall–Kier alpha value is -2.96. The number of rotatable bonds is 3. The van der Waals surface area contributed by atoms with Gasteiger partial charge in [-0.1, -0.05) is 12.1 Å². The number of fused-ring (bicyclic) bond motifs is 1. The van der Waals surface area contributed by atoms with E-state index in [1.807, 2.05) is 19.1 Å². The maximum Gasteiger partial charge on any atom is 0.293 e. The molecular formula is C19H21N5O2. The average molecular weight is 351 g/mol. The second-order valence-electron chi connectivity index (χ2n) is 6.84. The molecule has 7 heteroatoms. The van der Waals surface area contributed by atoms with E-state index in [1.54, 1.807) is 11.0 Å². The SMILES string of the molecule is Cc1ccc(-c2cc3c(=O)n(CC(=O)N4CCCC4)ncn3n2)cc1C. The number of hydrogen-bond acceptors (Lipinski definition) is 4. The molecule has 0 spiro atoms. The van der Waals surface area contributed by atoms with E-state index < -0.39 is 0 Å². The molecule has 26 heavy (non-hydrogen) atoms. The number of benzene rings is 1. The predicted molar refractivity (Wildman–Crippen MR) is 98.0 cm³/mol. The van der Waals surface area contributed by atoms with Crippen LogP contribution in [0.25, 0.3) is 16.8 Å². The quantitative estimate of drug-likeness (QED) is 0.721. The number of carbonyl (C=O) groups excluding carboxylic acids is 1. The molecule has 3 heterocycles. The largest absolute Gasteiger partial charge is 0.341 e. The molecule has 2 aromatic heterocycles. The van der Waals surface area contributed by atoms with Crippen molar-refractivity contribution in [3.8, 4) is 11.3 Å². The van der Waals surface area contributed by atoms with Gasteiger partial charge in [-0.2, -0.15) is 10.2 Å². The lowest BCUT2D eigenvalue weighted by Crippen LogP contribution is -2.36. The van der Waals surface area contributed by atoms with E-state index in [0.29, 0.717) is 5.52 Å². The van der Waals surface area contributed by atoms with Crippen molar-refractivity contribution >= 4 is 11.4 Å². The summed E-state index contributed by atoms with van der Waals surface area (Å²) < 4.78 is 2.70. The molecular weight excluding hydrogens is 330 g/mol. The summed E-state index contributed by atoms with van der Waals surface area (Å²) in [5.74, 6) is -0.0599. The fourth-order valence-electron chi connectivity index (χ4n) is 3.29. The summed E-state index contributed by atoms with van der Waals surface area (Å²) in [5, 5.41) is 8.57. The highest BCUT2D eigenvalue weighted by Gasteiger charge is 2.19. The third kappa shape index (κ3) is 2.89. The monoisotopic (exact) mass is 351 g/mol. The first kappa shape index (κ1) is 16.5. The summed E-state index contributed by atoms with van der Waals surface area (Å²) in [6.07, 6.45) is 3.53. The van der Waals surface area contributed by atoms with Crippen LogP contribution >= 0.6 is 0 Å². The molecule has 1 amide bonds. The lowest BCUT2D eigenvalue weighted by Gasteiger charge is -2.15. The Balaban J connectivity index is 1.68. The van der Waals surface area contributed by atoms with Gasteiger partial charge in [0.1, 0.15) is 18.4 Å². The first-order valence-electron chi connectivity index (χ1n) is 8.84. The van der Waals surface area contributed by atoms with Gasteiger partial charge in [-0.25, -0.2) is 9.20 Å². The van der Waals surface area contributed by atoms with Crippen molar-refractivity contribution in [2.45, 2.75) is 33.2 Å². The normalized spacial score (nSPS) is 14.3. The molecule has 134 valence electrons. The Labute approximate surface area is 150 Å². The molecule has 0 bridgehead atoms. The van der Waals surface area contributed by atoms with Crippen LogP contribution in [0, 0.1) is 13.8 Å². The molecule has 4 rings (SSSR count). The van der Waals surface area contributed by atoms with Crippen molar-refractivity contribution in [3.63, 3.8) is 0 Å². The van der Waals surface area contributed by atoms with E-state index >= 15 is 0 Å². The zero-order chi connectivity index (χ0) is 18.3.